The highest BCUT2D eigenvalue weighted by Crippen LogP contribution is 2.23. The maximum Gasteiger partial charge on any atom is 0.406 e. The SMILES string of the molecule is CCCCC[C@@](C)(OC(N)=O)n1ncnn1. The Kier molecular flexibility index (Phi) is 4.21. The highest BCUT2D eigenvalue weighted by Gasteiger charge is 2.32. The number of nitrogens with zero attached hydrogens (tertiary/aromatic N) is 4. The smallest absolute Gasteiger partial charge is 0.406 e. The van der Waals surface area contributed by atoms with E-state index in [2.05, 4.69) is 22.3 Å². The van der Waals surface area contributed by atoms with Gasteiger partial charge < -0.3 is 10.5 Å². The van der Waals surface area contributed by atoms with Crippen molar-refractivity contribution in [1.82, 2.24) is 20.2 Å². The second-order valence-corrected chi connectivity index (χ2v) is 3.78. The van der Waals surface area contributed by atoms with Crippen LogP contribution < -0.4 is 5.73 Å². The minimum absolute atomic E-state index is 0.611. The molecule has 0 aromatic carbocycles. The largest absolute Gasteiger partial charge is 0.420 e. The first kappa shape index (κ1) is 12.4. The van der Waals surface area contributed by atoms with Crippen molar-refractivity contribution in [2.24, 2.45) is 5.73 Å². The van der Waals surface area contributed by atoms with Crippen molar-refractivity contribution in [1.29, 1.82) is 0 Å². The predicted octanol–water partition coefficient (Wildman–Crippen LogP) is 1.02. The van der Waals surface area contributed by atoms with E-state index < -0.39 is 11.8 Å². The zero-order valence-electron chi connectivity index (χ0n) is 9.59. The molecule has 16 heavy (non-hydrogen) atoms. The average Bonchev–Trinajstić information content (AvgIpc) is 2.70. The highest BCUT2D eigenvalue weighted by atomic mass is 16.6. The Balaban J connectivity index is 2.72. The van der Waals surface area contributed by atoms with Gasteiger partial charge in [0.2, 0.25) is 5.72 Å². The Morgan fingerprint density at radius 1 is 1.56 bits per heavy atom. The van der Waals surface area contributed by atoms with Gasteiger partial charge in [0.05, 0.1) is 0 Å². The Hall–Kier alpha value is -1.66. The lowest BCUT2D eigenvalue weighted by Crippen LogP contribution is -2.39. The number of hydrogen-bond donors (Lipinski definition) is 1. The van der Waals surface area contributed by atoms with Crippen LogP contribution in [0.25, 0.3) is 0 Å². The van der Waals surface area contributed by atoms with E-state index in [0.717, 1.165) is 19.3 Å². The molecule has 1 rings (SSSR count). The molecule has 0 saturated carbocycles. The molecule has 0 fully saturated rings. The van der Waals surface area contributed by atoms with E-state index in [1.165, 1.54) is 11.1 Å². The molecule has 0 spiro atoms. The van der Waals surface area contributed by atoms with E-state index in [1.807, 2.05) is 0 Å². The molecule has 0 radical (unpaired) electrons. The van der Waals surface area contributed by atoms with Crippen molar-refractivity contribution < 1.29 is 9.53 Å². The number of rotatable bonds is 6. The second-order valence-electron chi connectivity index (χ2n) is 3.78. The second kappa shape index (κ2) is 5.43. The summed E-state index contributed by atoms with van der Waals surface area (Å²) in [5.41, 5.74) is 4.09. The minimum atomic E-state index is -0.947. The third kappa shape index (κ3) is 3.18. The van der Waals surface area contributed by atoms with Gasteiger partial charge in [0.25, 0.3) is 0 Å². The number of hydrogen-bond acceptors (Lipinski definition) is 5. The van der Waals surface area contributed by atoms with Crippen LogP contribution in [0.3, 0.4) is 0 Å². The minimum Gasteiger partial charge on any atom is -0.420 e. The van der Waals surface area contributed by atoms with E-state index in [4.69, 9.17) is 10.5 Å². The fourth-order valence-corrected chi connectivity index (χ4v) is 1.50. The van der Waals surface area contributed by atoms with Gasteiger partial charge in [0.15, 0.2) is 6.33 Å². The molecule has 1 amide bonds. The quantitative estimate of drug-likeness (QED) is 0.732. The van der Waals surface area contributed by atoms with Gasteiger partial charge in [-0.3, -0.25) is 0 Å². The molecule has 1 aromatic rings. The lowest BCUT2D eigenvalue weighted by Gasteiger charge is -2.26. The van der Waals surface area contributed by atoms with Crippen LogP contribution in [0.1, 0.15) is 39.5 Å². The number of carbonyl (C=O) groups is 1. The molecule has 7 heteroatoms. The van der Waals surface area contributed by atoms with Gasteiger partial charge in [-0.25, -0.2) is 4.79 Å². The van der Waals surface area contributed by atoms with Crippen LogP contribution in [0.4, 0.5) is 4.79 Å². The molecule has 0 aliphatic carbocycles. The van der Waals surface area contributed by atoms with Crippen molar-refractivity contribution in [3.05, 3.63) is 6.33 Å². The zero-order valence-corrected chi connectivity index (χ0v) is 9.59. The summed E-state index contributed by atoms with van der Waals surface area (Å²) in [6.07, 6.45) is 4.10. The number of amides is 1. The monoisotopic (exact) mass is 227 g/mol. The molecule has 7 nitrogen and oxygen atoms in total. The molecule has 0 bridgehead atoms. The van der Waals surface area contributed by atoms with Crippen molar-refractivity contribution in [3.63, 3.8) is 0 Å². The molecule has 2 N–H and O–H groups in total. The van der Waals surface area contributed by atoms with Crippen molar-refractivity contribution in [2.75, 3.05) is 0 Å². The highest BCUT2D eigenvalue weighted by molar-refractivity contribution is 5.64. The van der Waals surface area contributed by atoms with Gasteiger partial charge in [-0.05, 0) is 18.6 Å². The topological polar surface area (TPSA) is 95.9 Å². The van der Waals surface area contributed by atoms with E-state index in [1.54, 1.807) is 6.92 Å². The number of ether oxygens (including phenoxy) is 1. The number of tetrazole rings is 1. The molecule has 1 atom stereocenters. The first-order valence-electron chi connectivity index (χ1n) is 5.30. The Labute approximate surface area is 93.9 Å². The maximum absolute atomic E-state index is 10.9. The molecule has 1 aromatic heterocycles. The molecule has 0 unspecified atom stereocenters. The molecular weight excluding hydrogens is 210 g/mol. The van der Waals surface area contributed by atoms with Crippen molar-refractivity contribution in [2.45, 2.75) is 45.3 Å². The van der Waals surface area contributed by atoms with Crippen LogP contribution in [-0.4, -0.2) is 26.3 Å². The number of nitrogens with two attached hydrogens (primary N) is 1. The fraction of sp³-hybridized carbons (Fsp3) is 0.778. The van der Waals surface area contributed by atoms with E-state index in [-0.39, 0.29) is 0 Å². The summed E-state index contributed by atoms with van der Waals surface area (Å²) in [7, 11) is 0. The van der Waals surface area contributed by atoms with Gasteiger partial charge in [0, 0.05) is 6.42 Å². The summed E-state index contributed by atoms with van der Waals surface area (Å²) in [4.78, 5) is 12.1. The first-order valence-corrected chi connectivity index (χ1v) is 5.30. The summed E-state index contributed by atoms with van der Waals surface area (Å²) in [6, 6.07) is 0. The van der Waals surface area contributed by atoms with Gasteiger partial charge in [-0.2, -0.15) is 0 Å². The molecule has 0 aliphatic rings. The molecule has 90 valence electrons. The van der Waals surface area contributed by atoms with Crippen LogP contribution in [0.2, 0.25) is 0 Å². The zero-order chi connectivity index (χ0) is 12.0. The summed E-state index contributed by atoms with van der Waals surface area (Å²) >= 11 is 0. The standard InChI is InChI=1S/C9H17N5O2/c1-3-4-5-6-9(2,16-8(10)15)14-12-7-11-13-14/h7H,3-6H2,1-2H3,(H2,10,15)/t9-/m1/s1. The van der Waals surface area contributed by atoms with Crippen LogP contribution in [0.5, 0.6) is 0 Å². The summed E-state index contributed by atoms with van der Waals surface area (Å²) in [5.74, 6) is 0. The lowest BCUT2D eigenvalue weighted by atomic mass is 10.1. The van der Waals surface area contributed by atoms with Gasteiger partial charge in [-0.1, -0.05) is 19.8 Å². The first-order chi connectivity index (χ1) is 7.58. The lowest BCUT2D eigenvalue weighted by molar-refractivity contribution is -0.0621. The predicted molar refractivity (Wildman–Crippen MR) is 56.3 cm³/mol. The Morgan fingerprint density at radius 3 is 2.81 bits per heavy atom. The Bertz CT molecular complexity index is 327. The fourth-order valence-electron chi connectivity index (χ4n) is 1.50. The van der Waals surface area contributed by atoms with E-state index in [9.17, 15) is 4.79 Å². The van der Waals surface area contributed by atoms with Crippen LogP contribution in [-0.2, 0) is 10.5 Å². The summed E-state index contributed by atoms with van der Waals surface area (Å²) in [5, 5.41) is 11.2. The third-order valence-corrected chi connectivity index (χ3v) is 2.34. The van der Waals surface area contributed by atoms with Gasteiger partial charge in [0.1, 0.15) is 0 Å². The van der Waals surface area contributed by atoms with Crippen LogP contribution in [0, 0.1) is 0 Å². The van der Waals surface area contributed by atoms with Crippen molar-refractivity contribution >= 4 is 6.09 Å². The van der Waals surface area contributed by atoms with Crippen LogP contribution in [0.15, 0.2) is 6.33 Å². The molecule has 1 heterocycles. The maximum atomic E-state index is 10.9. The van der Waals surface area contributed by atoms with E-state index >= 15 is 0 Å². The average molecular weight is 227 g/mol. The van der Waals surface area contributed by atoms with Gasteiger partial charge >= 0.3 is 6.09 Å². The number of carbonyl (C=O) groups excluding carboxylic acids is 1. The number of unbranched alkanes of at least 4 members (excludes halogenated alkanes) is 2. The molecular formula is C9H17N5O2. The summed E-state index contributed by atoms with van der Waals surface area (Å²) in [6.45, 7) is 3.81. The van der Waals surface area contributed by atoms with E-state index in [0.29, 0.717) is 6.42 Å². The van der Waals surface area contributed by atoms with Crippen molar-refractivity contribution in [3.8, 4) is 0 Å². The number of aromatic nitrogens is 4. The third-order valence-electron chi connectivity index (χ3n) is 2.34. The van der Waals surface area contributed by atoms with Gasteiger partial charge in [-0.15, -0.1) is 15.0 Å². The number of primary amides is 1. The normalized spacial score (nSPS) is 14.4. The molecule has 0 aliphatic heterocycles. The Morgan fingerprint density at radius 2 is 2.31 bits per heavy atom. The van der Waals surface area contributed by atoms with Crippen LogP contribution >= 0.6 is 0 Å². The molecule has 0 saturated heterocycles. The summed E-state index contributed by atoms with van der Waals surface area (Å²) < 4.78 is 5.07.